The predicted molar refractivity (Wildman–Crippen MR) is 58.3 cm³/mol. The fourth-order valence-corrected chi connectivity index (χ4v) is 1.81. The lowest BCUT2D eigenvalue weighted by Gasteiger charge is -2.34. The lowest BCUT2D eigenvalue weighted by Crippen LogP contribution is -2.14. The van der Waals surface area contributed by atoms with Crippen LogP contribution in [0.5, 0.6) is 0 Å². The molecule has 0 aromatic heterocycles. The SMILES string of the molecule is C[N-]C(c1ccccc1C(F)(F)F)C(C)C. The van der Waals surface area contributed by atoms with Gasteiger partial charge in [-0.2, -0.15) is 20.2 Å². The van der Waals surface area contributed by atoms with Crippen LogP contribution in [0.1, 0.15) is 31.0 Å². The zero-order valence-electron chi connectivity index (χ0n) is 9.55. The van der Waals surface area contributed by atoms with Crippen molar-refractivity contribution >= 4 is 0 Å². The third-order valence-electron chi connectivity index (χ3n) is 2.49. The number of rotatable bonds is 3. The quantitative estimate of drug-likeness (QED) is 0.730. The Balaban J connectivity index is 3.22. The zero-order valence-corrected chi connectivity index (χ0v) is 9.55. The monoisotopic (exact) mass is 230 g/mol. The van der Waals surface area contributed by atoms with Crippen molar-refractivity contribution in [2.75, 3.05) is 7.05 Å². The first-order valence-corrected chi connectivity index (χ1v) is 5.13. The van der Waals surface area contributed by atoms with Crippen molar-refractivity contribution in [2.24, 2.45) is 5.92 Å². The Morgan fingerprint density at radius 2 is 1.69 bits per heavy atom. The van der Waals surface area contributed by atoms with E-state index in [0.717, 1.165) is 6.07 Å². The molecule has 4 heteroatoms. The molecule has 0 saturated carbocycles. The van der Waals surface area contributed by atoms with E-state index < -0.39 is 17.8 Å². The van der Waals surface area contributed by atoms with Gasteiger partial charge in [0.2, 0.25) is 0 Å². The highest BCUT2D eigenvalue weighted by atomic mass is 19.4. The van der Waals surface area contributed by atoms with Crippen LogP contribution in [0, 0.1) is 5.92 Å². The maximum atomic E-state index is 12.8. The van der Waals surface area contributed by atoms with E-state index >= 15 is 0 Å². The molecule has 0 spiro atoms. The normalized spacial score (nSPS) is 14.2. The van der Waals surface area contributed by atoms with Gasteiger partial charge >= 0.3 is 6.18 Å². The Kier molecular flexibility index (Phi) is 3.97. The molecule has 0 radical (unpaired) electrons. The number of hydrogen-bond donors (Lipinski definition) is 0. The highest BCUT2D eigenvalue weighted by Crippen LogP contribution is 2.38. The summed E-state index contributed by atoms with van der Waals surface area (Å²) in [6, 6.07) is 5.22. The number of benzene rings is 1. The van der Waals surface area contributed by atoms with E-state index in [4.69, 9.17) is 0 Å². The average molecular weight is 230 g/mol. The van der Waals surface area contributed by atoms with Gasteiger partial charge in [0.1, 0.15) is 0 Å². The first kappa shape index (κ1) is 13.0. The molecule has 1 aromatic rings. The molecule has 0 aliphatic heterocycles. The standard InChI is InChI=1S/C12H15F3N/c1-8(2)11(16-3)9-6-4-5-7-10(9)12(13,14)15/h4-8,11H,1-3H3/q-1. The highest BCUT2D eigenvalue weighted by Gasteiger charge is 2.33. The Bertz CT molecular complexity index is 344. The van der Waals surface area contributed by atoms with Crippen LogP contribution in [-0.2, 0) is 6.18 Å². The highest BCUT2D eigenvalue weighted by molar-refractivity contribution is 5.35. The van der Waals surface area contributed by atoms with Crippen molar-refractivity contribution in [1.29, 1.82) is 0 Å². The van der Waals surface area contributed by atoms with E-state index in [0.29, 0.717) is 0 Å². The van der Waals surface area contributed by atoms with Gasteiger partial charge in [0, 0.05) is 0 Å². The fourth-order valence-electron chi connectivity index (χ4n) is 1.81. The zero-order chi connectivity index (χ0) is 12.3. The summed E-state index contributed by atoms with van der Waals surface area (Å²) in [5.41, 5.74) is -0.327. The van der Waals surface area contributed by atoms with Crippen LogP contribution >= 0.6 is 0 Å². The fraction of sp³-hybridized carbons (Fsp3) is 0.500. The summed E-state index contributed by atoms with van der Waals surface area (Å²) in [5, 5.41) is 4.03. The molecule has 1 unspecified atom stereocenters. The van der Waals surface area contributed by atoms with E-state index in [1.807, 2.05) is 13.8 Å². The first-order chi connectivity index (χ1) is 7.38. The van der Waals surface area contributed by atoms with E-state index in [9.17, 15) is 13.2 Å². The van der Waals surface area contributed by atoms with Crippen LogP contribution in [0.2, 0.25) is 0 Å². The van der Waals surface area contributed by atoms with Crippen molar-refractivity contribution in [1.82, 2.24) is 0 Å². The van der Waals surface area contributed by atoms with E-state index in [2.05, 4.69) is 5.32 Å². The molecule has 1 atom stereocenters. The van der Waals surface area contributed by atoms with Gasteiger partial charge in [-0.05, 0) is 6.07 Å². The second-order valence-electron chi connectivity index (χ2n) is 4.03. The summed E-state index contributed by atoms with van der Waals surface area (Å²) < 4.78 is 38.3. The number of hydrogen-bond acceptors (Lipinski definition) is 0. The van der Waals surface area contributed by atoms with Crippen molar-refractivity contribution in [3.8, 4) is 0 Å². The molecule has 0 bridgehead atoms. The number of nitrogens with zero attached hydrogens (tertiary/aromatic N) is 1. The van der Waals surface area contributed by atoms with Crippen LogP contribution in [0.15, 0.2) is 24.3 Å². The van der Waals surface area contributed by atoms with Crippen molar-refractivity contribution in [3.63, 3.8) is 0 Å². The summed E-state index contributed by atoms with van der Waals surface area (Å²) in [6.45, 7) is 3.73. The van der Waals surface area contributed by atoms with Crippen molar-refractivity contribution in [2.45, 2.75) is 26.1 Å². The topological polar surface area (TPSA) is 14.1 Å². The summed E-state index contributed by atoms with van der Waals surface area (Å²) in [7, 11) is 1.55. The van der Waals surface area contributed by atoms with Gasteiger partial charge in [-0.3, -0.25) is 0 Å². The molecular weight excluding hydrogens is 215 g/mol. The summed E-state index contributed by atoms with van der Waals surface area (Å²) in [5.74, 6) is 0.0495. The van der Waals surface area contributed by atoms with Crippen LogP contribution in [0.4, 0.5) is 13.2 Å². The average Bonchev–Trinajstić information content (AvgIpc) is 2.17. The van der Waals surface area contributed by atoms with Gasteiger partial charge in [0.05, 0.1) is 5.56 Å². The Morgan fingerprint density at radius 3 is 2.12 bits per heavy atom. The van der Waals surface area contributed by atoms with E-state index in [1.54, 1.807) is 13.1 Å². The Morgan fingerprint density at radius 1 is 1.12 bits per heavy atom. The van der Waals surface area contributed by atoms with Gasteiger partial charge in [-0.15, -0.1) is 6.04 Å². The molecule has 1 aromatic carbocycles. The van der Waals surface area contributed by atoms with Crippen LogP contribution in [-0.4, -0.2) is 7.05 Å². The minimum Gasteiger partial charge on any atom is -0.658 e. The maximum Gasteiger partial charge on any atom is 0.416 e. The minimum absolute atomic E-state index is 0.0495. The van der Waals surface area contributed by atoms with Gasteiger partial charge in [0.15, 0.2) is 0 Å². The van der Waals surface area contributed by atoms with Gasteiger partial charge in [-0.1, -0.05) is 43.5 Å². The smallest absolute Gasteiger partial charge is 0.416 e. The maximum absolute atomic E-state index is 12.8. The molecule has 0 heterocycles. The second kappa shape index (κ2) is 4.87. The molecule has 0 saturated heterocycles. The third kappa shape index (κ3) is 2.76. The van der Waals surface area contributed by atoms with Crippen molar-refractivity contribution in [3.05, 3.63) is 40.7 Å². The number of halogens is 3. The van der Waals surface area contributed by atoms with Gasteiger partial charge in [-0.25, -0.2) is 0 Å². The molecule has 0 fully saturated rings. The van der Waals surface area contributed by atoms with E-state index in [-0.39, 0.29) is 11.5 Å². The lowest BCUT2D eigenvalue weighted by atomic mass is 9.92. The molecule has 0 amide bonds. The second-order valence-corrected chi connectivity index (χ2v) is 4.03. The summed E-state index contributed by atoms with van der Waals surface area (Å²) in [6.07, 6.45) is -4.31. The summed E-state index contributed by atoms with van der Waals surface area (Å²) in [4.78, 5) is 0. The molecule has 16 heavy (non-hydrogen) atoms. The molecule has 1 nitrogen and oxygen atoms in total. The first-order valence-electron chi connectivity index (χ1n) is 5.13. The van der Waals surface area contributed by atoms with Crippen LogP contribution < -0.4 is 0 Å². The molecule has 0 aliphatic rings. The largest absolute Gasteiger partial charge is 0.658 e. The Labute approximate surface area is 93.7 Å². The molecule has 90 valence electrons. The molecule has 0 aliphatic carbocycles. The molecule has 1 rings (SSSR count). The van der Waals surface area contributed by atoms with Crippen molar-refractivity contribution < 1.29 is 13.2 Å². The van der Waals surface area contributed by atoms with Gasteiger partial charge in [0.25, 0.3) is 0 Å². The minimum atomic E-state index is -4.31. The number of alkyl halides is 3. The van der Waals surface area contributed by atoms with E-state index in [1.165, 1.54) is 12.1 Å². The van der Waals surface area contributed by atoms with Gasteiger partial charge < -0.3 is 5.32 Å². The Hall–Kier alpha value is -1.03. The van der Waals surface area contributed by atoms with Crippen LogP contribution in [0.3, 0.4) is 0 Å². The third-order valence-corrected chi connectivity index (χ3v) is 2.49. The van der Waals surface area contributed by atoms with Crippen LogP contribution in [0.25, 0.3) is 5.32 Å². The molecule has 0 N–H and O–H groups in total. The molecular formula is C12H15F3N-. The summed E-state index contributed by atoms with van der Waals surface area (Å²) >= 11 is 0. The predicted octanol–water partition coefficient (Wildman–Crippen LogP) is 4.41. The lowest BCUT2D eigenvalue weighted by molar-refractivity contribution is -0.138.